The molecule has 0 aliphatic heterocycles. The summed E-state index contributed by atoms with van der Waals surface area (Å²) in [7, 11) is 1.91. The lowest BCUT2D eigenvalue weighted by molar-refractivity contribution is -0.122. The Bertz CT molecular complexity index is 487. The topological polar surface area (TPSA) is 70.2 Å². The Kier molecular flexibility index (Phi) is 5.50. The second-order valence-corrected chi connectivity index (χ2v) is 5.75. The fraction of sp³-hybridized carbons (Fsp3) is 0.667. The molecule has 1 amide bonds. The first-order chi connectivity index (χ1) is 10.1. The zero-order valence-corrected chi connectivity index (χ0v) is 13.1. The third-order valence-electron chi connectivity index (χ3n) is 3.22. The lowest BCUT2D eigenvalue weighted by Gasteiger charge is -2.16. The van der Waals surface area contributed by atoms with Crippen LogP contribution in [0.3, 0.4) is 0 Å². The van der Waals surface area contributed by atoms with Gasteiger partial charge in [-0.3, -0.25) is 9.69 Å². The van der Waals surface area contributed by atoms with E-state index in [0.717, 1.165) is 43.1 Å². The van der Waals surface area contributed by atoms with Crippen molar-refractivity contribution < 1.29 is 4.79 Å². The van der Waals surface area contributed by atoms with Crippen LogP contribution in [-0.4, -0.2) is 47.0 Å². The van der Waals surface area contributed by atoms with Gasteiger partial charge < -0.3 is 10.6 Å². The minimum atomic E-state index is 0.0805. The maximum atomic E-state index is 11.8. The quantitative estimate of drug-likeness (QED) is 0.756. The van der Waals surface area contributed by atoms with Gasteiger partial charge in [0.25, 0.3) is 0 Å². The Morgan fingerprint density at radius 3 is 2.86 bits per heavy atom. The van der Waals surface area contributed by atoms with Crippen LogP contribution < -0.4 is 10.6 Å². The van der Waals surface area contributed by atoms with E-state index in [1.807, 2.05) is 24.9 Å². The van der Waals surface area contributed by atoms with Gasteiger partial charge in [0.05, 0.1) is 13.1 Å². The molecule has 0 atom stereocenters. The molecule has 1 fully saturated rings. The monoisotopic (exact) mass is 291 g/mol. The molecule has 116 valence electrons. The predicted octanol–water partition coefficient (Wildman–Crippen LogP) is 1.32. The molecule has 21 heavy (non-hydrogen) atoms. The fourth-order valence-corrected chi connectivity index (χ4v) is 2.09. The van der Waals surface area contributed by atoms with Gasteiger partial charge in [-0.1, -0.05) is 6.92 Å². The summed E-state index contributed by atoms with van der Waals surface area (Å²) in [6.07, 6.45) is 3.28. The Balaban J connectivity index is 1.87. The maximum Gasteiger partial charge on any atom is 0.234 e. The highest BCUT2D eigenvalue weighted by Crippen LogP contribution is 2.18. The first kappa shape index (κ1) is 15.7. The Hall–Kier alpha value is -1.69. The van der Waals surface area contributed by atoms with E-state index in [-0.39, 0.29) is 5.91 Å². The molecular weight excluding hydrogens is 266 g/mol. The van der Waals surface area contributed by atoms with Crippen molar-refractivity contribution in [1.82, 2.24) is 20.2 Å². The van der Waals surface area contributed by atoms with Crippen LogP contribution >= 0.6 is 0 Å². The van der Waals surface area contributed by atoms with Gasteiger partial charge in [-0.05, 0) is 33.2 Å². The second kappa shape index (κ2) is 7.36. The second-order valence-electron chi connectivity index (χ2n) is 5.75. The van der Waals surface area contributed by atoms with Crippen LogP contribution in [0.25, 0.3) is 0 Å². The minimum absolute atomic E-state index is 0.0805. The number of amides is 1. The number of likely N-dealkylation sites (N-methyl/N-ethyl adjacent to an activating group) is 1. The Labute approximate surface area is 126 Å². The number of carbonyl (C=O) groups is 1. The highest BCUT2D eigenvalue weighted by molar-refractivity contribution is 5.78. The average molecular weight is 291 g/mol. The van der Waals surface area contributed by atoms with Gasteiger partial charge in [0.15, 0.2) is 0 Å². The predicted molar refractivity (Wildman–Crippen MR) is 83.0 cm³/mol. The molecule has 0 radical (unpaired) electrons. The average Bonchev–Trinajstić information content (AvgIpc) is 3.19. The Morgan fingerprint density at radius 2 is 2.19 bits per heavy atom. The molecule has 1 aliphatic carbocycles. The zero-order chi connectivity index (χ0) is 15.2. The number of anilines is 1. The first-order valence-corrected chi connectivity index (χ1v) is 7.63. The van der Waals surface area contributed by atoms with Gasteiger partial charge in [0.1, 0.15) is 11.6 Å². The van der Waals surface area contributed by atoms with Crippen molar-refractivity contribution in [1.29, 1.82) is 0 Å². The SMILES string of the molecule is CCCNc1cc(C)nc(CN(C)CC(=O)NC2CC2)n1. The number of rotatable bonds is 8. The van der Waals surface area contributed by atoms with Gasteiger partial charge in [-0.15, -0.1) is 0 Å². The molecule has 0 bridgehead atoms. The third-order valence-corrected chi connectivity index (χ3v) is 3.22. The number of nitrogens with zero attached hydrogens (tertiary/aromatic N) is 3. The largest absolute Gasteiger partial charge is 0.370 e. The van der Waals surface area contributed by atoms with E-state index in [1.165, 1.54) is 0 Å². The Morgan fingerprint density at radius 1 is 1.43 bits per heavy atom. The van der Waals surface area contributed by atoms with E-state index in [1.54, 1.807) is 0 Å². The summed E-state index contributed by atoms with van der Waals surface area (Å²) in [4.78, 5) is 22.6. The smallest absolute Gasteiger partial charge is 0.234 e. The minimum Gasteiger partial charge on any atom is -0.370 e. The first-order valence-electron chi connectivity index (χ1n) is 7.63. The molecule has 0 saturated heterocycles. The fourth-order valence-electron chi connectivity index (χ4n) is 2.09. The number of carbonyl (C=O) groups excluding carboxylic acids is 1. The number of hydrogen-bond acceptors (Lipinski definition) is 5. The normalized spacial score (nSPS) is 14.3. The highest BCUT2D eigenvalue weighted by Gasteiger charge is 2.23. The lowest BCUT2D eigenvalue weighted by atomic mass is 10.3. The van der Waals surface area contributed by atoms with Gasteiger partial charge in [0, 0.05) is 24.3 Å². The summed E-state index contributed by atoms with van der Waals surface area (Å²) < 4.78 is 0. The van der Waals surface area contributed by atoms with Crippen molar-refractivity contribution in [2.75, 3.05) is 25.5 Å². The van der Waals surface area contributed by atoms with Crippen molar-refractivity contribution in [3.8, 4) is 0 Å². The number of aromatic nitrogens is 2. The van der Waals surface area contributed by atoms with Gasteiger partial charge >= 0.3 is 0 Å². The van der Waals surface area contributed by atoms with E-state index in [4.69, 9.17) is 0 Å². The standard InChI is InChI=1S/C15H25N5O/c1-4-7-16-13-8-11(2)17-14(19-13)9-20(3)10-15(21)18-12-5-6-12/h8,12H,4-7,9-10H2,1-3H3,(H,18,21)(H,16,17,19). The van der Waals surface area contributed by atoms with Crippen LogP contribution in [0.5, 0.6) is 0 Å². The van der Waals surface area contributed by atoms with E-state index in [2.05, 4.69) is 27.5 Å². The van der Waals surface area contributed by atoms with Crippen molar-refractivity contribution in [3.05, 3.63) is 17.6 Å². The summed E-state index contributed by atoms with van der Waals surface area (Å²) in [5, 5.41) is 6.26. The summed E-state index contributed by atoms with van der Waals surface area (Å²) in [6, 6.07) is 2.35. The van der Waals surface area contributed by atoms with Crippen molar-refractivity contribution in [2.45, 2.75) is 45.7 Å². The van der Waals surface area contributed by atoms with Crippen molar-refractivity contribution in [2.24, 2.45) is 0 Å². The molecule has 1 heterocycles. The summed E-state index contributed by atoms with van der Waals surface area (Å²) in [6.45, 7) is 5.93. The van der Waals surface area contributed by atoms with Crippen LogP contribution in [-0.2, 0) is 11.3 Å². The maximum absolute atomic E-state index is 11.8. The molecule has 6 nitrogen and oxygen atoms in total. The highest BCUT2D eigenvalue weighted by atomic mass is 16.2. The van der Waals surface area contributed by atoms with E-state index >= 15 is 0 Å². The molecule has 0 spiro atoms. The molecule has 1 aromatic rings. The van der Waals surface area contributed by atoms with Gasteiger partial charge in [-0.25, -0.2) is 9.97 Å². The molecule has 0 aromatic carbocycles. The molecule has 0 unspecified atom stereocenters. The number of aryl methyl sites for hydroxylation is 1. The molecule has 6 heteroatoms. The van der Waals surface area contributed by atoms with Crippen molar-refractivity contribution >= 4 is 11.7 Å². The van der Waals surface area contributed by atoms with Gasteiger partial charge in [0.2, 0.25) is 5.91 Å². The van der Waals surface area contributed by atoms with Gasteiger partial charge in [-0.2, -0.15) is 0 Å². The van der Waals surface area contributed by atoms with E-state index in [9.17, 15) is 4.79 Å². The molecule has 1 saturated carbocycles. The zero-order valence-electron chi connectivity index (χ0n) is 13.1. The summed E-state index contributed by atoms with van der Waals surface area (Å²) in [5.41, 5.74) is 0.939. The van der Waals surface area contributed by atoms with Crippen LogP contribution in [0.15, 0.2) is 6.07 Å². The van der Waals surface area contributed by atoms with Crippen LogP contribution in [0.2, 0.25) is 0 Å². The molecule has 1 aliphatic rings. The molecule has 2 N–H and O–H groups in total. The third kappa shape index (κ3) is 5.67. The number of hydrogen-bond donors (Lipinski definition) is 2. The van der Waals surface area contributed by atoms with Crippen LogP contribution in [0.4, 0.5) is 5.82 Å². The molecule has 1 aromatic heterocycles. The van der Waals surface area contributed by atoms with E-state index < -0.39 is 0 Å². The number of nitrogens with one attached hydrogen (secondary N) is 2. The van der Waals surface area contributed by atoms with Crippen LogP contribution in [0, 0.1) is 6.92 Å². The van der Waals surface area contributed by atoms with Crippen LogP contribution in [0.1, 0.15) is 37.7 Å². The van der Waals surface area contributed by atoms with Crippen molar-refractivity contribution in [3.63, 3.8) is 0 Å². The lowest BCUT2D eigenvalue weighted by Crippen LogP contribution is -2.36. The summed E-state index contributed by atoms with van der Waals surface area (Å²) in [5.74, 6) is 1.68. The molecular formula is C15H25N5O. The molecule has 2 rings (SSSR count). The summed E-state index contributed by atoms with van der Waals surface area (Å²) >= 11 is 0. The van der Waals surface area contributed by atoms with E-state index in [0.29, 0.717) is 19.1 Å².